The maximum Gasteiger partial charge on any atom is 0.00443 e. The molecule has 0 heterocycles. The summed E-state index contributed by atoms with van der Waals surface area (Å²) in [4.78, 5) is 2.48. The minimum atomic E-state index is 0.426. The minimum absolute atomic E-state index is 0.426. The molecule has 0 saturated heterocycles. The van der Waals surface area contributed by atoms with Crippen LogP contribution in [0.5, 0.6) is 0 Å². The molecule has 0 spiro atoms. The Morgan fingerprint density at radius 2 is 1.87 bits per heavy atom. The molecule has 0 fully saturated rings. The van der Waals surface area contributed by atoms with Crippen LogP contribution in [0.15, 0.2) is 0 Å². The van der Waals surface area contributed by atoms with Gasteiger partial charge in [-0.1, -0.05) is 33.6 Å². The number of hydrogen-bond acceptors (Lipinski definition) is 2. The molecular formula is C13H30N2. The fourth-order valence-corrected chi connectivity index (χ4v) is 2.08. The van der Waals surface area contributed by atoms with E-state index in [1.807, 2.05) is 7.05 Å². The van der Waals surface area contributed by atoms with Crippen molar-refractivity contribution in [2.45, 2.75) is 46.5 Å². The lowest BCUT2D eigenvalue weighted by molar-refractivity contribution is 0.181. The van der Waals surface area contributed by atoms with Crippen LogP contribution in [0.25, 0.3) is 0 Å². The Labute approximate surface area is 96.4 Å². The highest BCUT2D eigenvalue weighted by atomic mass is 15.1. The first kappa shape index (κ1) is 14.9. The zero-order valence-corrected chi connectivity index (χ0v) is 11.4. The van der Waals surface area contributed by atoms with E-state index in [2.05, 4.69) is 38.0 Å². The van der Waals surface area contributed by atoms with Crippen LogP contribution in [0.2, 0.25) is 0 Å². The second kappa shape index (κ2) is 8.12. The third-order valence-electron chi connectivity index (χ3n) is 3.25. The van der Waals surface area contributed by atoms with E-state index in [-0.39, 0.29) is 0 Å². The van der Waals surface area contributed by atoms with Gasteiger partial charge in [-0.2, -0.15) is 0 Å². The van der Waals surface area contributed by atoms with Gasteiger partial charge in [0.25, 0.3) is 0 Å². The first-order chi connectivity index (χ1) is 7.08. The van der Waals surface area contributed by atoms with Crippen LogP contribution in [0.1, 0.15) is 46.5 Å². The molecule has 2 nitrogen and oxygen atoms in total. The lowest BCUT2D eigenvalue weighted by Gasteiger charge is -2.33. The molecular weight excluding hydrogens is 184 g/mol. The van der Waals surface area contributed by atoms with E-state index in [1.165, 1.54) is 38.8 Å². The summed E-state index contributed by atoms with van der Waals surface area (Å²) in [6.07, 6.45) is 5.26. The summed E-state index contributed by atoms with van der Waals surface area (Å²) in [5.41, 5.74) is 0.426. The largest absolute Gasteiger partial charge is 0.319 e. The lowest BCUT2D eigenvalue weighted by atomic mass is 9.87. The lowest BCUT2D eigenvalue weighted by Crippen LogP contribution is -2.40. The number of unbranched alkanes of at least 4 members (excludes halogenated alkanes) is 2. The van der Waals surface area contributed by atoms with Crippen molar-refractivity contribution in [2.24, 2.45) is 5.41 Å². The summed E-state index contributed by atoms with van der Waals surface area (Å²) in [5, 5.41) is 3.31. The minimum Gasteiger partial charge on any atom is -0.319 e. The van der Waals surface area contributed by atoms with Gasteiger partial charge in [0.05, 0.1) is 0 Å². The molecule has 0 aromatic carbocycles. The average Bonchev–Trinajstić information content (AvgIpc) is 2.18. The van der Waals surface area contributed by atoms with Gasteiger partial charge in [0, 0.05) is 13.1 Å². The van der Waals surface area contributed by atoms with Crippen molar-refractivity contribution < 1.29 is 0 Å². The number of nitrogens with zero attached hydrogens (tertiary/aromatic N) is 1. The molecule has 1 N–H and O–H groups in total. The summed E-state index contributed by atoms with van der Waals surface area (Å²) in [6.45, 7) is 10.5. The molecule has 1 atom stereocenters. The van der Waals surface area contributed by atoms with Crippen molar-refractivity contribution in [1.82, 2.24) is 10.2 Å². The third kappa shape index (κ3) is 6.91. The molecule has 92 valence electrons. The Kier molecular flexibility index (Phi) is 8.07. The van der Waals surface area contributed by atoms with E-state index in [0.29, 0.717) is 5.41 Å². The maximum absolute atomic E-state index is 3.31. The average molecular weight is 214 g/mol. The van der Waals surface area contributed by atoms with E-state index >= 15 is 0 Å². The highest BCUT2D eigenvalue weighted by Gasteiger charge is 2.22. The smallest absolute Gasteiger partial charge is 0.00443 e. The number of nitrogens with one attached hydrogen (secondary N) is 1. The zero-order valence-electron chi connectivity index (χ0n) is 11.4. The Balaban J connectivity index is 3.84. The van der Waals surface area contributed by atoms with Crippen molar-refractivity contribution in [3.8, 4) is 0 Å². The van der Waals surface area contributed by atoms with Gasteiger partial charge in [-0.05, 0) is 38.9 Å². The van der Waals surface area contributed by atoms with Gasteiger partial charge in [0.15, 0.2) is 0 Å². The van der Waals surface area contributed by atoms with E-state index in [4.69, 9.17) is 0 Å². The zero-order chi connectivity index (χ0) is 11.7. The predicted octanol–water partition coefficient (Wildman–Crippen LogP) is 2.74. The fraction of sp³-hybridized carbons (Fsp3) is 1.00. The summed E-state index contributed by atoms with van der Waals surface area (Å²) in [5.74, 6) is 0. The summed E-state index contributed by atoms with van der Waals surface area (Å²) in [6, 6.07) is 0. The Morgan fingerprint density at radius 3 is 2.33 bits per heavy atom. The molecule has 0 saturated carbocycles. The molecule has 0 bridgehead atoms. The first-order valence-corrected chi connectivity index (χ1v) is 6.41. The molecule has 0 radical (unpaired) electrons. The second-order valence-electron chi connectivity index (χ2n) is 5.14. The Bertz CT molecular complexity index is 147. The van der Waals surface area contributed by atoms with Crippen LogP contribution in [0, 0.1) is 5.41 Å². The van der Waals surface area contributed by atoms with Crippen LogP contribution >= 0.6 is 0 Å². The van der Waals surface area contributed by atoms with E-state index in [9.17, 15) is 0 Å². The van der Waals surface area contributed by atoms with Gasteiger partial charge in [-0.3, -0.25) is 0 Å². The summed E-state index contributed by atoms with van der Waals surface area (Å²) < 4.78 is 0. The van der Waals surface area contributed by atoms with E-state index in [1.54, 1.807) is 0 Å². The summed E-state index contributed by atoms with van der Waals surface area (Å²) >= 11 is 0. The van der Waals surface area contributed by atoms with Crippen LogP contribution in [-0.2, 0) is 0 Å². The van der Waals surface area contributed by atoms with Crippen molar-refractivity contribution >= 4 is 0 Å². The molecule has 15 heavy (non-hydrogen) atoms. The standard InChI is InChI=1S/C13H30N2/c1-6-8-9-10-15(5)12-13(3,7-2)11-14-4/h14H,6-12H2,1-5H3. The maximum atomic E-state index is 3.31. The van der Waals surface area contributed by atoms with Gasteiger partial charge in [-0.25, -0.2) is 0 Å². The van der Waals surface area contributed by atoms with Crippen LogP contribution in [-0.4, -0.2) is 38.6 Å². The van der Waals surface area contributed by atoms with Crippen LogP contribution < -0.4 is 5.32 Å². The molecule has 0 amide bonds. The highest BCUT2D eigenvalue weighted by Crippen LogP contribution is 2.21. The van der Waals surface area contributed by atoms with Crippen molar-refractivity contribution in [2.75, 3.05) is 33.7 Å². The molecule has 0 aliphatic heterocycles. The van der Waals surface area contributed by atoms with Crippen LogP contribution in [0.4, 0.5) is 0 Å². The van der Waals surface area contributed by atoms with Gasteiger partial charge in [0.2, 0.25) is 0 Å². The third-order valence-corrected chi connectivity index (χ3v) is 3.25. The van der Waals surface area contributed by atoms with Gasteiger partial charge < -0.3 is 10.2 Å². The molecule has 2 heteroatoms. The second-order valence-corrected chi connectivity index (χ2v) is 5.14. The summed E-state index contributed by atoms with van der Waals surface area (Å²) in [7, 11) is 4.30. The molecule has 0 aliphatic rings. The van der Waals surface area contributed by atoms with Gasteiger partial charge in [0.1, 0.15) is 0 Å². The Morgan fingerprint density at radius 1 is 1.20 bits per heavy atom. The highest BCUT2D eigenvalue weighted by molar-refractivity contribution is 4.77. The Hall–Kier alpha value is -0.0800. The molecule has 1 unspecified atom stereocenters. The van der Waals surface area contributed by atoms with Crippen molar-refractivity contribution in [3.05, 3.63) is 0 Å². The van der Waals surface area contributed by atoms with Gasteiger partial charge >= 0.3 is 0 Å². The van der Waals surface area contributed by atoms with Crippen LogP contribution in [0.3, 0.4) is 0 Å². The fourth-order valence-electron chi connectivity index (χ4n) is 2.08. The predicted molar refractivity (Wildman–Crippen MR) is 69.3 cm³/mol. The molecule has 0 aromatic rings. The quantitative estimate of drug-likeness (QED) is 0.594. The SMILES string of the molecule is CCCCCN(C)CC(C)(CC)CNC. The van der Waals surface area contributed by atoms with Crippen molar-refractivity contribution in [1.29, 1.82) is 0 Å². The number of rotatable bonds is 9. The first-order valence-electron chi connectivity index (χ1n) is 6.41. The van der Waals surface area contributed by atoms with Gasteiger partial charge in [-0.15, -0.1) is 0 Å². The molecule has 0 aromatic heterocycles. The van der Waals surface area contributed by atoms with E-state index < -0.39 is 0 Å². The van der Waals surface area contributed by atoms with E-state index in [0.717, 1.165) is 6.54 Å². The normalized spacial score (nSPS) is 15.6. The molecule has 0 rings (SSSR count). The topological polar surface area (TPSA) is 15.3 Å². The monoisotopic (exact) mass is 214 g/mol. The number of hydrogen-bond donors (Lipinski definition) is 1. The van der Waals surface area contributed by atoms with Crippen molar-refractivity contribution in [3.63, 3.8) is 0 Å². The molecule has 0 aliphatic carbocycles.